The van der Waals surface area contributed by atoms with Crippen LogP contribution in [0.5, 0.6) is 5.75 Å². The molecule has 1 heterocycles. The molecule has 1 fully saturated rings. The molecule has 2 rings (SSSR count). The van der Waals surface area contributed by atoms with Gasteiger partial charge in [-0.1, -0.05) is 0 Å². The van der Waals surface area contributed by atoms with Gasteiger partial charge in [0.1, 0.15) is 0 Å². The predicted octanol–water partition coefficient (Wildman–Crippen LogP) is 1.82. The van der Waals surface area contributed by atoms with Crippen LogP contribution in [0, 0.1) is 10.1 Å². The minimum atomic E-state index is -0.428. The monoisotopic (exact) mass is 287 g/mol. The lowest BCUT2D eigenvalue weighted by atomic mass is 10.2. The Morgan fingerprint density at radius 3 is 2.84 bits per heavy atom. The fourth-order valence-electron chi connectivity index (χ4n) is 2.18. The Balaban J connectivity index is 0.00000180. The number of methoxy groups -OCH3 is 1. The summed E-state index contributed by atoms with van der Waals surface area (Å²) in [6, 6.07) is 5.43. The zero-order chi connectivity index (χ0) is 13.1. The van der Waals surface area contributed by atoms with E-state index in [9.17, 15) is 10.1 Å². The molecule has 1 aromatic rings. The Kier molecular flexibility index (Phi) is 5.38. The lowest BCUT2D eigenvalue weighted by Gasteiger charge is -2.33. The van der Waals surface area contributed by atoms with Gasteiger partial charge < -0.3 is 15.0 Å². The third-order valence-electron chi connectivity index (χ3n) is 3.09. The number of nitro benzene ring substituents is 1. The van der Waals surface area contributed by atoms with Gasteiger partial charge in [0.15, 0.2) is 5.75 Å². The molecule has 0 spiro atoms. The van der Waals surface area contributed by atoms with Gasteiger partial charge in [-0.05, 0) is 13.0 Å². The molecule has 1 aliphatic heterocycles. The summed E-state index contributed by atoms with van der Waals surface area (Å²) >= 11 is 0. The molecule has 1 unspecified atom stereocenters. The lowest BCUT2D eigenvalue weighted by molar-refractivity contribution is -0.385. The first-order valence-corrected chi connectivity index (χ1v) is 5.92. The van der Waals surface area contributed by atoms with Crippen molar-refractivity contribution in [2.75, 3.05) is 31.6 Å². The Morgan fingerprint density at radius 2 is 2.26 bits per heavy atom. The number of piperazine rings is 1. The van der Waals surface area contributed by atoms with Crippen LogP contribution in [0.1, 0.15) is 6.92 Å². The van der Waals surface area contributed by atoms with Crippen molar-refractivity contribution in [3.05, 3.63) is 28.3 Å². The molecule has 0 saturated carbocycles. The molecule has 0 aromatic heterocycles. The van der Waals surface area contributed by atoms with E-state index in [1.807, 2.05) is 0 Å². The minimum Gasteiger partial charge on any atom is -0.490 e. The van der Waals surface area contributed by atoms with Crippen LogP contribution < -0.4 is 15.0 Å². The van der Waals surface area contributed by atoms with E-state index in [-0.39, 0.29) is 18.1 Å². The Hall–Kier alpha value is -1.53. The molecule has 1 atom stereocenters. The fourth-order valence-corrected chi connectivity index (χ4v) is 2.18. The first-order valence-electron chi connectivity index (χ1n) is 5.92. The Labute approximate surface area is 118 Å². The number of rotatable bonds is 3. The van der Waals surface area contributed by atoms with Gasteiger partial charge in [0, 0.05) is 43.5 Å². The van der Waals surface area contributed by atoms with Crippen molar-refractivity contribution in [3.63, 3.8) is 0 Å². The molecule has 6 nitrogen and oxygen atoms in total. The van der Waals surface area contributed by atoms with Crippen LogP contribution in [0.25, 0.3) is 0 Å². The molecule has 0 aliphatic carbocycles. The second kappa shape index (κ2) is 6.58. The Bertz CT molecular complexity index is 456. The van der Waals surface area contributed by atoms with Crippen molar-refractivity contribution >= 4 is 23.8 Å². The maximum absolute atomic E-state index is 10.8. The van der Waals surface area contributed by atoms with Gasteiger partial charge in [0.05, 0.1) is 12.0 Å². The molecule has 1 N–H and O–H groups in total. The zero-order valence-corrected chi connectivity index (χ0v) is 11.8. The average Bonchev–Trinajstić information content (AvgIpc) is 2.37. The highest BCUT2D eigenvalue weighted by molar-refractivity contribution is 5.85. The molecule has 19 heavy (non-hydrogen) atoms. The van der Waals surface area contributed by atoms with Crippen LogP contribution >= 0.6 is 12.4 Å². The summed E-state index contributed by atoms with van der Waals surface area (Å²) in [5, 5.41) is 14.2. The topological polar surface area (TPSA) is 67.6 Å². The van der Waals surface area contributed by atoms with Crippen LogP contribution in [0.15, 0.2) is 18.2 Å². The number of hydrogen-bond acceptors (Lipinski definition) is 5. The van der Waals surface area contributed by atoms with Crippen molar-refractivity contribution in [1.29, 1.82) is 0 Å². The highest BCUT2D eigenvalue weighted by Gasteiger charge is 2.20. The number of nitrogens with one attached hydrogen (secondary N) is 1. The second-order valence-corrected chi connectivity index (χ2v) is 4.41. The minimum absolute atomic E-state index is 0. The third-order valence-corrected chi connectivity index (χ3v) is 3.09. The maximum Gasteiger partial charge on any atom is 0.311 e. The number of ether oxygens (including phenoxy) is 1. The molecule has 106 valence electrons. The number of anilines is 1. The smallest absolute Gasteiger partial charge is 0.311 e. The van der Waals surface area contributed by atoms with Gasteiger partial charge in [-0.15, -0.1) is 12.4 Å². The number of nitro groups is 1. The van der Waals surface area contributed by atoms with Gasteiger partial charge in [0.25, 0.3) is 0 Å². The van der Waals surface area contributed by atoms with E-state index in [1.54, 1.807) is 12.1 Å². The molecule has 0 amide bonds. The summed E-state index contributed by atoms with van der Waals surface area (Å²) in [6.07, 6.45) is 0. The molecule has 0 bridgehead atoms. The predicted molar refractivity (Wildman–Crippen MR) is 76.6 cm³/mol. The van der Waals surface area contributed by atoms with Crippen LogP contribution in [-0.2, 0) is 0 Å². The number of hydrogen-bond donors (Lipinski definition) is 1. The fraction of sp³-hybridized carbons (Fsp3) is 0.500. The average molecular weight is 288 g/mol. The first kappa shape index (κ1) is 15.5. The van der Waals surface area contributed by atoms with Crippen molar-refractivity contribution < 1.29 is 9.66 Å². The highest BCUT2D eigenvalue weighted by atomic mass is 35.5. The maximum atomic E-state index is 10.8. The van der Waals surface area contributed by atoms with Crippen LogP contribution in [0.2, 0.25) is 0 Å². The van der Waals surface area contributed by atoms with E-state index in [4.69, 9.17) is 4.74 Å². The van der Waals surface area contributed by atoms with Gasteiger partial charge in [0.2, 0.25) is 0 Å². The summed E-state index contributed by atoms with van der Waals surface area (Å²) in [5.41, 5.74) is 0.968. The summed E-state index contributed by atoms with van der Waals surface area (Å²) in [5.74, 6) is 0.309. The second-order valence-electron chi connectivity index (χ2n) is 4.41. The zero-order valence-electron chi connectivity index (χ0n) is 11.0. The van der Waals surface area contributed by atoms with Crippen LogP contribution in [-0.4, -0.2) is 37.7 Å². The van der Waals surface area contributed by atoms with Gasteiger partial charge in [-0.2, -0.15) is 0 Å². The summed E-state index contributed by atoms with van der Waals surface area (Å²) in [4.78, 5) is 12.6. The van der Waals surface area contributed by atoms with E-state index in [0.29, 0.717) is 11.8 Å². The molecule has 1 aromatic carbocycles. The summed E-state index contributed by atoms with van der Waals surface area (Å²) in [7, 11) is 1.45. The SMILES string of the molecule is COc1cc(N2CCNC(C)C2)ccc1[N+](=O)[O-].Cl. The lowest BCUT2D eigenvalue weighted by Crippen LogP contribution is -2.49. The molecule has 1 aliphatic rings. The van der Waals surface area contributed by atoms with Gasteiger partial charge >= 0.3 is 5.69 Å². The molecule has 7 heteroatoms. The molecular weight excluding hydrogens is 270 g/mol. The molecule has 1 saturated heterocycles. The van der Waals surface area contributed by atoms with Crippen molar-refractivity contribution in [2.24, 2.45) is 0 Å². The number of benzene rings is 1. The van der Waals surface area contributed by atoms with Crippen molar-refractivity contribution in [3.8, 4) is 5.75 Å². The number of halogens is 1. The highest BCUT2D eigenvalue weighted by Crippen LogP contribution is 2.31. The van der Waals surface area contributed by atoms with E-state index in [0.717, 1.165) is 25.3 Å². The standard InChI is InChI=1S/C12H17N3O3.ClH/c1-9-8-14(6-5-13-9)10-3-4-11(15(16)17)12(7-10)18-2;/h3-4,7,9,13H,5-6,8H2,1-2H3;1H. The largest absolute Gasteiger partial charge is 0.490 e. The van der Waals surface area contributed by atoms with Gasteiger partial charge in [-0.3, -0.25) is 10.1 Å². The summed E-state index contributed by atoms with van der Waals surface area (Å²) in [6.45, 7) is 4.82. The Morgan fingerprint density at radius 1 is 1.53 bits per heavy atom. The van der Waals surface area contributed by atoms with Crippen molar-refractivity contribution in [1.82, 2.24) is 5.32 Å². The summed E-state index contributed by atoms with van der Waals surface area (Å²) < 4.78 is 5.08. The first-order chi connectivity index (χ1) is 8.61. The van der Waals surface area contributed by atoms with Crippen LogP contribution in [0.3, 0.4) is 0 Å². The van der Waals surface area contributed by atoms with E-state index in [2.05, 4.69) is 17.1 Å². The third kappa shape index (κ3) is 3.48. The normalized spacial score (nSPS) is 18.6. The van der Waals surface area contributed by atoms with Gasteiger partial charge in [-0.25, -0.2) is 0 Å². The molecular formula is C12H18ClN3O3. The van der Waals surface area contributed by atoms with Crippen LogP contribution in [0.4, 0.5) is 11.4 Å². The molecule has 0 radical (unpaired) electrons. The van der Waals surface area contributed by atoms with E-state index >= 15 is 0 Å². The van der Waals surface area contributed by atoms with Crippen molar-refractivity contribution in [2.45, 2.75) is 13.0 Å². The van der Waals surface area contributed by atoms with E-state index in [1.165, 1.54) is 13.2 Å². The quantitative estimate of drug-likeness (QED) is 0.678. The number of nitrogens with zero attached hydrogens (tertiary/aromatic N) is 2. The van der Waals surface area contributed by atoms with E-state index < -0.39 is 4.92 Å².